The first-order chi connectivity index (χ1) is 10.6. The Kier molecular flexibility index (Phi) is 3.80. The van der Waals surface area contributed by atoms with Gasteiger partial charge in [0, 0.05) is 25.2 Å². The van der Waals surface area contributed by atoms with Gasteiger partial charge in [-0.2, -0.15) is 0 Å². The fourth-order valence-electron chi connectivity index (χ4n) is 4.56. The van der Waals surface area contributed by atoms with Crippen LogP contribution in [0.25, 0.3) is 0 Å². The Morgan fingerprint density at radius 1 is 1.39 bits per heavy atom. The first-order valence-electron chi connectivity index (χ1n) is 8.11. The zero-order valence-electron chi connectivity index (χ0n) is 13.9. The van der Waals surface area contributed by atoms with Gasteiger partial charge in [0.05, 0.1) is 17.6 Å². The highest BCUT2D eigenvalue weighted by Gasteiger charge is 2.61. The molecular formula is C17H24O6. The van der Waals surface area contributed by atoms with Crippen LogP contribution < -0.4 is 0 Å². The predicted octanol–water partition coefficient (Wildman–Crippen LogP) is 0.948. The molecule has 2 fully saturated rings. The summed E-state index contributed by atoms with van der Waals surface area (Å²) in [6.07, 6.45) is -1.08. The van der Waals surface area contributed by atoms with Crippen LogP contribution in [-0.4, -0.2) is 46.1 Å². The maximum Gasteiger partial charge on any atom is 0.309 e. The topological polar surface area (TPSA) is 93.1 Å². The standard InChI is InChI=1S/C17H24O6/c1-7-5-11(22-9(3)18)13-8(2)16(20)23-15(13)14-10(7)6-12(19)17(14,4)21/h8,11-15,19,21H,5-6H2,1-4H3. The van der Waals surface area contributed by atoms with E-state index in [4.69, 9.17) is 9.47 Å². The minimum atomic E-state index is -1.37. The van der Waals surface area contributed by atoms with E-state index in [-0.39, 0.29) is 11.9 Å². The monoisotopic (exact) mass is 324 g/mol. The summed E-state index contributed by atoms with van der Waals surface area (Å²) in [4.78, 5) is 23.6. The minimum absolute atomic E-state index is 0.319. The van der Waals surface area contributed by atoms with Gasteiger partial charge in [-0.15, -0.1) is 0 Å². The minimum Gasteiger partial charge on any atom is -0.462 e. The van der Waals surface area contributed by atoms with Crippen molar-refractivity contribution in [3.05, 3.63) is 11.1 Å². The van der Waals surface area contributed by atoms with E-state index >= 15 is 0 Å². The number of esters is 2. The molecule has 7 atom stereocenters. The number of hydrogen-bond donors (Lipinski definition) is 2. The molecule has 0 radical (unpaired) electrons. The fourth-order valence-corrected chi connectivity index (χ4v) is 4.56. The maximum atomic E-state index is 12.1. The number of hydrogen-bond acceptors (Lipinski definition) is 6. The first kappa shape index (κ1) is 16.5. The summed E-state index contributed by atoms with van der Waals surface area (Å²) in [7, 11) is 0. The van der Waals surface area contributed by atoms with E-state index in [0.29, 0.717) is 12.8 Å². The van der Waals surface area contributed by atoms with Crippen LogP contribution in [0, 0.1) is 17.8 Å². The molecule has 0 aromatic heterocycles. The van der Waals surface area contributed by atoms with Gasteiger partial charge in [0.25, 0.3) is 0 Å². The van der Waals surface area contributed by atoms with Crippen molar-refractivity contribution in [1.82, 2.24) is 0 Å². The van der Waals surface area contributed by atoms with Crippen molar-refractivity contribution in [1.29, 1.82) is 0 Å². The number of aliphatic hydroxyl groups is 2. The van der Waals surface area contributed by atoms with Gasteiger partial charge in [0.1, 0.15) is 12.2 Å². The number of rotatable bonds is 1. The van der Waals surface area contributed by atoms with Crippen LogP contribution in [0.3, 0.4) is 0 Å². The Morgan fingerprint density at radius 3 is 2.65 bits per heavy atom. The average Bonchev–Trinajstić information content (AvgIpc) is 2.79. The van der Waals surface area contributed by atoms with Crippen molar-refractivity contribution in [2.24, 2.45) is 17.8 Å². The van der Waals surface area contributed by atoms with Crippen LogP contribution in [0.5, 0.6) is 0 Å². The van der Waals surface area contributed by atoms with Crippen LogP contribution in [0.4, 0.5) is 0 Å². The lowest BCUT2D eigenvalue weighted by Crippen LogP contribution is -2.48. The molecule has 6 heteroatoms. The molecule has 1 saturated carbocycles. The number of aliphatic hydroxyl groups excluding tert-OH is 1. The molecule has 2 N–H and O–H groups in total. The molecule has 2 aliphatic carbocycles. The molecule has 0 aromatic rings. The summed E-state index contributed by atoms with van der Waals surface area (Å²) >= 11 is 0. The molecule has 0 bridgehead atoms. The summed E-state index contributed by atoms with van der Waals surface area (Å²) in [6.45, 7) is 6.64. The van der Waals surface area contributed by atoms with E-state index in [1.165, 1.54) is 6.92 Å². The quantitative estimate of drug-likeness (QED) is 0.551. The number of fused-ring (bicyclic) bond motifs is 3. The average molecular weight is 324 g/mol. The van der Waals surface area contributed by atoms with Crippen LogP contribution >= 0.6 is 0 Å². The van der Waals surface area contributed by atoms with Gasteiger partial charge in [-0.25, -0.2) is 0 Å². The van der Waals surface area contributed by atoms with Crippen molar-refractivity contribution in [3.63, 3.8) is 0 Å². The van der Waals surface area contributed by atoms with E-state index < -0.39 is 41.7 Å². The second kappa shape index (κ2) is 5.31. The van der Waals surface area contributed by atoms with Gasteiger partial charge in [-0.3, -0.25) is 9.59 Å². The summed E-state index contributed by atoms with van der Waals surface area (Å²) in [5, 5.41) is 21.1. The van der Waals surface area contributed by atoms with E-state index in [1.54, 1.807) is 13.8 Å². The van der Waals surface area contributed by atoms with Crippen molar-refractivity contribution < 1.29 is 29.3 Å². The lowest BCUT2D eigenvalue weighted by atomic mass is 9.76. The Morgan fingerprint density at radius 2 is 2.04 bits per heavy atom. The highest BCUT2D eigenvalue weighted by atomic mass is 16.6. The summed E-state index contributed by atoms with van der Waals surface area (Å²) < 4.78 is 11.1. The van der Waals surface area contributed by atoms with Crippen molar-refractivity contribution in [2.45, 2.75) is 64.4 Å². The van der Waals surface area contributed by atoms with Gasteiger partial charge < -0.3 is 19.7 Å². The predicted molar refractivity (Wildman–Crippen MR) is 80.1 cm³/mol. The Labute approximate surface area is 135 Å². The maximum absolute atomic E-state index is 12.1. The highest BCUT2D eigenvalue weighted by molar-refractivity contribution is 5.75. The Hall–Kier alpha value is -1.40. The van der Waals surface area contributed by atoms with Crippen LogP contribution in [0.1, 0.15) is 40.5 Å². The SMILES string of the molecule is CC(=O)OC1CC(C)=C2CC(O)C(C)(O)C2C2OC(=O)C(C)C12. The molecule has 3 aliphatic rings. The van der Waals surface area contributed by atoms with Crippen molar-refractivity contribution in [3.8, 4) is 0 Å². The highest BCUT2D eigenvalue weighted by Crippen LogP contribution is 2.53. The van der Waals surface area contributed by atoms with Gasteiger partial charge in [0.2, 0.25) is 0 Å². The van der Waals surface area contributed by atoms with E-state index in [0.717, 1.165) is 11.1 Å². The second-order valence-corrected chi connectivity index (χ2v) is 7.35. The smallest absolute Gasteiger partial charge is 0.309 e. The molecule has 1 heterocycles. The van der Waals surface area contributed by atoms with Crippen LogP contribution in [0.2, 0.25) is 0 Å². The number of carbonyl (C=O) groups is 2. The van der Waals surface area contributed by atoms with Gasteiger partial charge in [0.15, 0.2) is 0 Å². The van der Waals surface area contributed by atoms with Crippen molar-refractivity contribution >= 4 is 11.9 Å². The molecule has 7 unspecified atom stereocenters. The molecule has 23 heavy (non-hydrogen) atoms. The van der Waals surface area contributed by atoms with Crippen LogP contribution in [0.15, 0.2) is 11.1 Å². The summed E-state index contributed by atoms with van der Waals surface area (Å²) in [5.41, 5.74) is 0.555. The second-order valence-electron chi connectivity index (χ2n) is 7.35. The van der Waals surface area contributed by atoms with Crippen molar-refractivity contribution in [2.75, 3.05) is 0 Å². The largest absolute Gasteiger partial charge is 0.462 e. The molecule has 0 amide bonds. The Balaban J connectivity index is 2.08. The number of carbonyl (C=O) groups excluding carboxylic acids is 2. The van der Waals surface area contributed by atoms with Gasteiger partial charge in [-0.1, -0.05) is 18.1 Å². The third kappa shape index (κ3) is 2.39. The third-order valence-electron chi connectivity index (χ3n) is 5.80. The lowest BCUT2D eigenvalue weighted by Gasteiger charge is -2.35. The molecule has 0 spiro atoms. The van der Waals surface area contributed by atoms with Gasteiger partial charge >= 0.3 is 11.9 Å². The zero-order valence-corrected chi connectivity index (χ0v) is 13.9. The summed E-state index contributed by atoms with van der Waals surface area (Å²) in [5.74, 6) is -1.92. The first-order valence-corrected chi connectivity index (χ1v) is 8.11. The van der Waals surface area contributed by atoms with Crippen LogP contribution in [-0.2, 0) is 19.1 Å². The molecule has 3 rings (SSSR count). The molecule has 128 valence electrons. The molecule has 1 saturated heterocycles. The molecule has 6 nitrogen and oxygen atoms in total. The molecule has 1 aliphatic heterocycles. The lowest BCUT2D eigenvalue weighted by molar-refractivity contribution is -0.154. The zero-order chi connectivity index (χ0) is 17.1. The van der Waals surface area contributed by atoms with E-state index in [2.05, 4.69) is 0 Å². The fraction of sp³-hybridized carbons (Fsp3) is 0.765. The number of ether oxygens (including phenoxy) is 2. The summed E-state index contributed by atoms with van der Waals surface area (Å²) in [6, 6.07) is 0. The normalized spacial score (nSPS) is 46.1. The third-order valence-corrected chi connectivity index (χ3v) is 5.80. The Bertz CT molecular complexity index is 578. The van der Waals surface area contributed by atoms with E-state index in [1.807, 2.05) is 6.92 Å². The molecular weight excluding hydrogens is 300 g/mol. The van der Waals surface area contributed by atoms with E-state index in [9.17, 15) is 19.8 Å². The van der Waals surface area contributed by atoms with Gasteiger partial charge in [-0.05, 0) is 20.3 Å². The molecule has 0 aromatic carbocycles.